The number of aromatic nitrogens is 1. The van der Waals surface area contributed by atoms with Crippen LogP contribution in [0.1, 0.15) is 26.7 Å². The molecule has 1 fully saturated rings. The Hall–Kier alpha value is -0.980. The molecular formula is C13H21N3O2S. The van der Waals surface area contributed by atoms with E-state index < -0.39 is 0 Å². The summed E-state index contributed by atoms with van der Waals surface area (Å²) < 4.78 is 5.65. The van der Waals surface area contributed by atoms with E-state index in [1.807, 2.05) is 12.3 Å². The van der Waals surface area contributed by atoms with Crippen molar-refractivity contribution in [2.75, 3.05) is 25.0 Å². The Morgan fingerprint density at radius 3 is 3.16 bits per heavy atom. The van der Waals surface area contributed by atoms with Crippen LogP contribution in [0.5, 0.6) is 0 Å². The molecule has 2 heterocycles. The Morgan fingerprint density at radius 1 is 1.68 bits per heavy atom. The molecule has 0 radical (unpaired) electrons. The minimum absolute atomic E-state index is 0.0363. The Morgan fingerprint density at radius 2 is 2.53 bits per heavy atom. The van der Waals surface area contributed by atoms with Crippen molar-refractivity contribution in [3.8, 4) is 0 Å². The van der Waals surface area contributed by atoms with Gasteiger partial charge in [-0.25, -0.2) is 4.98 Å². The molecule has 0 saturated carbocycles. The summed E-state index contributed by atoms with van der Waals surface area (Å²) >= 11 is 1.44. The Bertz CT molecular complexity index is 397. The molecule has 106 valence electrons. The number of morpholine rings is 1. The smallest absolute Gasteiger partial charge is 0.243 e. The summed E-state index contributed by atoms with van der Waals surface area (Å²) in [6.07, 6.45) is 3.73. The molecule has 0 unspecified atom stereocenters. The van der Waals surface area contributed by atoms with E-state index in [1.165, 1.54) is 11.3 Å². The number of carbonyl (C=O) groups excluding carboxylic acids is 1. The van der Waals surface area contributed by atoms with Gasteiger partial charge in [-0.15, -0.1) is 11.3 Å². The fourth-order valence-electron chi connectivity index (χ4n) is 2.36. The lowest BCUT2D eigenvalue weighted by Crippen LogP contribution is -2.51. The van der Waals surface area contributed by atoms with Gasteiger partial charge in [-0.3, -0.25) is 9.69 Å². The van der Waals surface area contributed by atoms with Crippen LogP contribution in [0.3, 0.4) is 0 Å². The zero-order chi connectivity index (χ0) is 13.7. The van der Waals surface area contributed by atoms with Crippen molar-refractivity contribution in [1.29, 1.82) is 0 Å². The van der Waals surface area contributed by atoms with Crippen molar-refractivity contribution in [2.24, 2.45) is 0 Å². The van der Waals surface area contributed by atoms with Crippen molar-refractivity contribution in [2.45, 2.75) is 38.8 Å². The van der Waals surface area contributed by atoms with E-state index in [4.69, 9.17) is 4.74 Å². The van der Waals surface area contributed by atoms with E-state index in [0.717, 1.165) is 25.9 Å². The van der Waals surface area contributed by atoms with Gasteiger partial charge in [0.15, 0.2) is 5.13 Å². The minimum Gasteiger partial charge on any atom is -0.376 e. The first-order chi connectivity index (χ1) is 9.24. The summed E-state index contributed by atoms with van der Waals surface area (Å²) in [6.45, 7) is 6.52. The van der Waals surface area contributed by atoms with Crippen LogP contribution in [-0.4, -0.2) is 47.6 Å². The van der Waals surface area contributed by atoms with E-state index in [2.05, 4.69) is 22.1 Å². The lowest BCUT2D eigenvalue weighted by Gasteiger charge is -2.36. The molecule has 0 bridgehead atoms. The quantitative estimate of drug-likeness (QED) is 0.897. The second kappa shape index (κ2) is 6.98. The largest absolute Gasteiger partial charge is 0.376 e. The minimum atomic E-state index is -0.0955. The van der Waals surface area contributed by atoms with Crippen LogP contribution >= 0.6 is 11.3 Å². The van der Waals surface area contributed by atoms with Crippen LogP contribution < -0.4 is 5.32 Å². The summed E-state index contributed by atoms with van der Waals surface area (Å²) in [6, 6.07) is -0.0955. The normalized spacial score (nSPS) is 22.1. The monoisotopic (exact) mass is 283 g/mol. The van der Waals surface area contributed by atoms with Gasteiger partial charge in [0, 0.05) is 24.7 Å². The standard InChI is InChI=1S/C13H21N3O2S/c1-3-10-9-16(6-7-18-10)11(4-2)12(17)15-13-14-5-8-19-13/h5,8,10-11H,3-4,6-7,9H2,1-2H3,(H,14,15,17)/t10-,11-/m1/s1. The third-order valence-corrected chi connectivity index (χ3v) is 4.11. The summed E-state index contributed by atoms with van der Waals surface area (Å²) in [7, 11) is 0. The molecule has 1 aromatic heterocycles. The predicted molar refractivity (Wildman–Crippen MR) is 76.4 cm³/mol. The first kappa shape index (κ1) is 14.4. The number of nitrogens with zero attached hydrogens (tertiary/aromatic N) is 2. The molecule has 19 heavy (non-hydrogen) atoms. The second-order valence-corrected chi connectivity index (χ2v) is 5.54. The summed E-state index contributed by atoms with van der Waals surface area (Å²) in [5.74, 6) is 0.0363. The Balaban J connectivity index is 1.96. The van der Waals surface area contributed by atoms with E-state index in [-0.39, 0.29) is 18.1 Å². The first-order valence-electron chi connectivity index (χ1n) is 6.80. The molecule has 0 aromatic carbocycles. The topological polar surface area (TPSA) is 54.5 Å². The fraction of sp³-hybridized carbons (Fsp3) is 0.692. The number of amides is 1. The highest BCUT2D eigenvalue weighted by Crippen LogP contribution is 2.16. The lowest BCUT2D eigenvalue weighted by molar-refractivity contribution is -0.125. The van der Waals surface area contributed by atoms with Crippen molar-refractivity contribution in [1.82, 2.24) is 9.88 Å². The number of ether oxygens (including phenoxy) is 1. The molecule has 1 N–H and O–H groups in total. The highest BCUT2D eigenvalue weighted by atomic mass is 32.1. The number of hydrogen-bond donors (Lipinski definition) is 1. The zero-order valence-corrected chi connectivity index (χ0v) is 12.3. The summed E-state index contributed by atoms with van der Waals surface area (Å²) in [5, 5.41) is 5.42. The van der Waals surface area contributed by atoms with Crippen LogP contribution in [-0.2, 0) is 9.53 Å². The van der Waals surface area contributed by atoms with E-state index in [9.17, 15) is 4.79 Å². The van der Waals surface area contributed by atoms with Gasteiger partial charge in [-0.1, -0.05) is 13.8 Å². The summed E-state index contributed by atoms with van der Waals surface area (Å²) in [4.78, 5) is 18.6. The van der Waals surface area contributed by atoms with Gasteiger partial charge in [-0.2, -0.15) is 0 Å². The van der Waals surface area contributed by atoms with Crippen LogP contribution in [0.4, 0.5) is 5.13 Å². The average Bonchev–Trinajstić information content (AvgIpc) is 2.92. The van der Waals surface area contributed by atoms with Gasteiger partial charge < -0.3 is 10.1 Å². The molecule has 1 saturated heterocycles. The van der Waals surface area contributed by atoms with Crippen molar-refractivity contribution >= 4 is 22.4 Å². The van der Waals surface area contributed by atoms with Crippen molar-refractivity contribution in [3.05, 3.63) is 11.6 Å². The molecule has 1 amide bonds. The number of hydrogen-bond acceptors (Lipinski definition) is 5. The molecular weight excluding hydrogens is 262 g/mol. The van der Waals surface area contributed by atoms with E-state index in [0.29, 0.717) is 11.7 Å². The molecule has 2 atom stereocenters. The van der Waals surface area contributed by atoms with Gasteiger partial charge in [0.1, 0.15) is 0 Å². The van der Waals surface area contributed by atoms with Crippen molar-refractivity contribution in [3.63, 3.8) is 0 Å². The molecule has 1 aliphatic heterocycles. The maximum absolute atomic E-state index is 12.3. The first-order valence-corrected chi connectivity index (χ1v) is 7.68. The molecule has 0 spiro atoms. The van der Waals surface area contributed by atoms with E-state index in [1.54, 1.807) is 6.20 Å². The molecule has 6 heteroatoms. The number of thiazole rings is 1. The Labute approximate surface area is 118 Å². The third kappa shape index (κ3) is 3.75. The predicted octanol–water partition coefficient (Wildman–Crippen LogP) is 1.97. The maximum Gasteiger partial charge on any atom is 0.243 e. The fourth-order valence-corrected chi connectivity index (χ4v) is 2.89. The molecule has 5 nitrogen and oxygen atoms in total. The highest BCUT2D eigenvalue weighted by Gasteiger charge is 2.29. The Kier molecular flexibility index (Phi) is 5.30. The van der Waals surface area contributed by atoms with Gasteiger partial charge in [-0.05, 0) is 12.8 Å². The summed E-state index contributed by atoms with van der Waals surface area (Å²) in [5.41, 5.74) is 0. The van der Waals surface area contributed by atoms with Crippen LogP contribution in [0, 0.1) is 0 Å². The highest BCUT2D eigenvalue weighted by molar-refractivity contribution is 7.13. The van der Waals surface area contributed by atoms with Crippen LogP contribution in [0.2, 0.25) is 0 Å². The third-order valence-electron chi connectivity index (χ3n) is 3.42. The SMILES string of the molecule is CC[C@@H]1CN([C@H](CC)C(=O)Nc2nccs2)CCO1. The van der Waals surface area contributed by atoms with Crippen LogP contribution in [0.25, 0.3) is 0 Å². The molecule has 0 aliphatic carbocycles. The number of anilines is 1. The van der Waals surface area contributed by atoms with Gasteiger partial charge in [0.2, 0.25) is 5.91 Å². The maximum atomic E-state index is 12.3. The zero-order valence-electron chi connectivity index (χ0n) is 11.5. The average molecular weight is 283 g/mol. The van der Waals surface area contributed by atoms with Crippen molar-refractivity contribution < 1.29 is 9.53 Å². The van der Waals surface area contributed by atoms with Gasteiger partial charge in [0.25, 0.3) is 0 Å². The van der Waals surface area contributed by atoms with Gasteiger partial charge >= 0.3 is 0 Å². The lowest BCUT2D eigenvalue weighted by atomic mass is 10.1. The second-order valence-electron chi connectivity index (χ2n) is 4.65. The molecule has 2 rings (SSSR count). The molecule has 1 aliphatic rings. The van der Waals surface area contributed by atoms with E-state index >= 15 is 0 Å². The number of rotatable bonds is 5. The number of carbonyl (C=O) groups is 1. The number of nitrogens with one attached hydrogen (secondary N) is 1. The molecule has 1 aromatic rings. The van der Waals surface area contributed by atoms with Crippen LogP contribution in [0.15, 0.2) is 11.6 Å². The van der Waals surface area contributed by atoms with Gasteiger partial charge in [0.05, 0.1) is 18.8 Å².